The highest BCUT2D eigenvalue weighted by atomic mass is 19.4. The molecule has 2 aliphatic rings. The second kappa shape index (κ2) is 5.36. The van der Waals surface area contributed by atoms with Gasteiger partial charge in [-0.15, -0.1) is 0 Å². The Hall–Kier alpha value is -2.30. The van der Waals surface area contributed by atoms with E-state index in [0.29, 0.717) is 0 Å². The van der Waals surface area contributed by atoms with Gasteiger partial charge in [-0.3, -0.25) is 5.01 Å². The molecule has 5 heteroatoms. The second-order valence-electron chi connectivity index (χ2n) is 6.43. The molecule has 2 atom stereocenters. The molecule has 1 aliphatic heterocycles. The number of alkyl halides is 3. The van der Waals surface area contributed by atoms with Gasteiger partial charge in [0.05, 0.1) is 17.3 Å². The lowest BCUT2D eigenvalue weighted by atomic mass is 9.77. The third kappa shape index (κ3) is 2.39. The van der Waals surface area contributed by atoms with Gasteiger partial charge in [0.15, 0.2) is 0 Å². The number of halogens is 3. The zero-order valence-electron chi connectivity index (χ0n) is 13.2. The second-order valence-corrected chi connectivity index (χ2v) is 6.43. The van der Waals surface area contributed by atoms with Gasteiger partial charge in [-0.25, -0.2) is 0 Å². The molecule has 1 heterocycles. The number of hydrazone groups is 1. The molecular weight excluding hydrogens is 313 g/mol. The van der Waals surface area contributed by atoms with Crippen LogP contribution in [0.4, 0.5) is 13.2 Å². The van der Waals surface area contributed by atoms with Crippen LogP contribution in [0.5, 0.6) is 0 Å². The van der Waals surface area contributed by atoms with Gasteiger partial charge >= 0.3 is 6.18 Å². The number of fused-ring (bicyclic) bond motifs is 3. The minimum absolute atomic E-state index is 0.00404. The third-order valence-corrected chi connectivity index (χ3v) is 5.00. The average molecular weight is 330 g/mol. The molecule has 2 aromatic carbocycles. The van der Waals surface area contributed by atoms with Crippen LogP contribution < -0.4 is 0 Å². The molecule has 0 saturated carbocycles. The monoisotopic (exact) mass is 330 g/mol. The summed E-state index contributed by atoms with van der Waals surface area (Å²) in [6.45, 7) is 0. The molecular formula is C19H17F3N2. The van der Waals surface area contributed by atoms with Gasteiger partial charge in [-0.2, -0.15) is 18.3 Å². The standard InChI is InChI=1S/C19H17F3N2/c1-24-18(13-6-9-14(10-7-13)19(20,21)22)16-11-8-12-4-2-3-5-15(12)17(16)23-24/h2-7,9-10,16,18H,8,11H2,1H3/t16-,18+/m0/s1. The van der Waals surface area contributed by atoms with E-state index in [1.807, 2.05) is 24.2 Å². The van der Waals surface area contributed by atoms with E-state index in [0.717, 1.165) is 36.2 Å². The molecule has 0 spiro atoms. The Morgan fingerprint density at radius 3 is 2.46 bits per heavy atom. The van der Waals surface area contributed by atoms with Crippen molar-refractivity contribution in [2.24, 2.45) is 11.0 Å². The minimum Gasteiger partial charge on any atom is -0.292 e. The molecule has 0 fully saturated rings. The first-order valence-electron chi connectivity index (χ1n) is 8.02. The fourth-order valence-electron chi connectivity index (χ4n) is 3.88. The van der Waals surface area contributed by atoms with Crippen molar-refractivity contribution in [1.29, 1.82) is 0 Å². The van der Waals surface area contributed by atoms with Gasteiger partial charge in [-0.1, -0.05) is 36.4 Å². The van der Waals surface area contributed by atoms with Crippen LogP contribution in [0, 0.1) is 5.92 Å². The molecule has 2 nitrogen and oxygen atoms in total. The fourth-order valence-corrected chi connectivity index (χ4v) is 3.88. The summed E-state index contributed by atoms with van der Waals surface area (Å²) in [5, 5.41) is 6.60. The molecule has 0 saturated heterocycles. The van der Waals surface area contributed by atoms with Crippen molar-refractivity contribution in [3.8, 4) is 0 Å². The summed E-state index contributed by atoms with van der Waals surface area (Å²) < 4.78 is 38.3. The molecule has 4 rings (SSSR count). The van der Waals surface area contributed by atoms with Crippen molar-refractivity contribution in [3.63, 3.8) is 0 Å². The molecule has 0 amide bonds. The van der Waals surface area contributed by atoms with Crippen LogP contribution in [0.3, 0.4) is 0 Å². The Labute approximate surface area is 138 Å². The molecule has 0 radical (unpaired) electrons. The Morgan fingerprint density at radius 1 is 1.04 bits per heavy atom. The maximum atomic E-state index is 12.8. The van der Waals surface area contributed by atoms with Crippen LogP contribution >= 0.6 is 0 Å². The lowest BCUT2D eigenvalue weighted by Crippen LogP contribution is -2.27. The largest absolute Gasteiger partial charge is 0.416 e. The molecule has 0 bridgehead atoms. The van der Waals surface area contributed by atoms with Crippen molar-refractivity contribution >= 4 is 5.71 Å². The van der Waals surface area contributed by atoms with Crippen LogP contribution in [0.25, 0.3) is 0 Å². The highest BCUT2D eigenvalue weighted by Crippen LogP contribution is 2.42. The molecule has 0 N–H and O–H groups in total. The summed E-state index contributed by atoms with van der Waals surface area (Å²) in [5.41, 5.74) is 3.81. The normalized spacial score (nSPS) is 22.8. The maximum Gasteiger partial charge on any atom is 0.416 e. The summed E-state index contributed by atoms with van der Waals surface area (Å²) in [6, 6.07) is 13.8. The number of aryl methyl sites for hydroxylation is 1. The summed E-state index contributed by atoms with van der Waals surface area (Å²) in [4.78, 5) is 0. The predicted molar refractivity (Wildman–Crippen MR) is 86.7 cm³/mol. The van der Waals surface area contributed by atoms with Crippen molar-refractivity contribution in [1.82, 2.24) is 5.01 Å². The highest BCUT2D eigenvalue weighted by Gasteiger charge is 2.40. The SMILES string of the molecule is CN1N=C2c3ccccc3CC[C@@H]2[C@H]1c1ccc(C(F)(F)F)cc1. The Kier molecular flexibility index (Phi) is 3.41. The van der Waals surface area contributed by atoms with Gasteiger partial charge in [0.25, 0.3) is 0 Å². The fraction of sp³-hybridized carbons (Fsp3) is 0.316. The van der Waals surface area contributed by atoms with Crippen molar-refractivity contribution in [2.75, 3.05) is 7.05 Å². The lowest BCUT2D eigenvalue weighted by molar-refractivity contribution is -0.137. The highest BCUT2D eigenvalue weighted by molar-refractivity contribution is 6.05. The summed E-state index contributed by atoms with van der Waals surface area (Å²) in [7, 11) is 1.90. The Morgan fingerprint density at radius 2 is 1.75 bits per heavy atom. The molecule has 24 heavy (non-hydrogen) atoms. The van der Waals surface area contributed by atoms with Gasteiger partial charge in [0.2, 0.25) is 0 Å². The Balaban J connectivity index is 1.67. The molecule has 0 aromatic heterocycles. The van der Waals surface area contributed by atoms with E-state index in [9.17, 15) is 13.2 Å². The summed E-state index contributed by atoms with van der Waals surface area (Å²) in [6.07, 6.45) is -2.36. The number of benzene rings is 2. The first-order valence-corrected chi connectivity index (χ1v) is 8.02. The quantitative estimate of drug-likeness (QED) is 0.742. The third-order valence-electron chi connectivity index (χ3n) is 5.00. The van der Waals surface area contributed by atoms with E-state index >= 15 is 0 Å². The van der Waals surface area contributed by atoms with Gasteiger partial charge in [0, 0.05) is 18.5 Å². The molecule has 0 unspecified atom stereocenters. The van der Waals surface area contributed by atoms with Crippen LogP contribution in [0.1, 0.15) is 34.7 Å². The van der Waals surface area contributed by atoms with Crippen LogP contribution in [-0.2, 0) is 12.6 Å². The number of rotatable bonds is 1. The summed E-state index contributed by atoms with van der Waals surface area (Å²) >= 11 is 0. The van der Waals surface area contributed by atoms with Crippen molar-refractivity contribution in [3.05, 3.63) is 70.8 Å². The molecule has 2 aromatic rings. The van der Waals surface area contributed by atoms with E-state index in [1.54, 1.807) is 12.1 Å². The number of hydrogen-bond acceptors (Lipinski definition) is 2. The smallest absolute Gasteiger partial charge is 0.292 e. The zero-order chi connectivity index (χ0) is 16.9. The molecule has 1 aliphatic carbocycles. The van der Waals surface area contributed by atoms with Crippen LogP contribution in [0.15, 0.2) is 53.6 Å². The van der Waals surface area contributed by atoms with Gasteiger partial charge in [-0.05, 0) is 36.1 Å². The van der Waals surface area contributed by atoms with E-state index in [2.05, 4.69) is 12.1 Å². The number of hydrogen-bond donors (Lipinski definition) is 0. The Bertz CT molecular complexity index is 793. The topological polar surface area (TPSA) is 15.6 Å². The summed E-state index contributed by atoms with van der Waals surface area (Å²) in [5.74, 6) is 0.224. The minimum atomic E-state index is -4.30. The van der Waals surface area contributed by atoms with Gasteiger partial charge in [0.1, 0.15) is 0 Å². The van der Waals surface area contributed by atoms with Crippen molar-refractivity contribution < 1.29 is 13.2 Å². The van der Waals surface area contributed by atoms with E-state index in [4.69, 9.17) is 5.10 Å². The maximum absolute atomic E-state index is 12.8. The lowest BCUT2D eigenvalue weighted by Gasteiger charge is -2.29. The first kappa shape index (κ1) is 15.2. The van der Waals surface area contributed by atoms with Gasteiger partial charge < -0.3 is 0 Å². The predicted octanol–water partition coefficient (Wildman–Crippen LogP) is 4.66. The average Bonchev–Trinajstić information content (AvgIpc) is 2.90. The first-order chi connectivity index (χ1) is 11.4. The van der Waals surface area contributed by atoms with Crippen LogP contribution in [0.2, 0.25) is 0 Å². The van der Waals surface area contributed by atoms with E-state index in [1.165, 1.54) is 11.1 Å². The molecule has 124 valence electrons. The zero-order valence-corrected chi connectivity index (χ0v) is 13.2. The van der Waals surface area contributed by atoms with E-state index < -0.39 is 11.7 Å². The van der Waals surface area contributed by atoms with E-state index in [-0.39, 0.29) is 12.0 Å². The van der Waals surface area contributed by atoms with Crippen LogP contribution in [-0.4, -0.2) is 17.8 Å². The van der Waals surface area contributed by atoms with Crippen molar-refractivity contribution in [2.45, 2.75) is 25.1 Å². The number of nitrogens with zero attached hydrogens (tertiary/aromatic N) is 2.